The predicted molar refractivity (Wildman–Crippen MR) is 78.8 cm³/mol. The molecule has 1 N–H and O–H groups in total. The fraction of sp³-hybridized carbons (Fsp3) is 0.267. The van der Waals surface area contributed by atoms with Gasteiger partial charge in [-0.3, -0.25) is 14.7 Å². The second-order valence-electron chi connectivity index (χ2n) is 4.40. The van der Waals surface area contributed by atoms with Crippen LogP contribution in [0.25, 0.3) is 10.9 Å². The van der Waals surface area contributed by atoms with Crippen molar-refractivity contribution in [1.29, 1.82) is 0 Å². The third kappa shape index (κ3) is 3.28. The van der Waals surface area contributed by atoms with Crippen LogP contribution in [0.3, 0.4) is 0 Å². The molecule has 0 bridgehead atoms. The van der Waals surface area contributed by atoms with E-state index in [1.54, 1.807) is 13.0 Å². The van der Waals surface area contributed by atoms with E-state index < -0.39 is 5.97 Å². The molecule has 1 aromatic carbocycles. The molecule has 0 saturated carbocycles. The summed E-state index contributed by atoms with van der Waals surface area (Å²) >= 11 is 0. The van der Waals surface area contributed by atoms with E-state index in [1.807, 2.05) is 24.3 Å². The Morgan fingerprint density at radius 2 is 2.19 bits per heavy atom. The quantitative estimate of drug-likeness (QED) is 0.649. The van der Waals surface area contributed by atoms with E-state index in [9.17, 15) is 9.59 Å². The zero-order valence-corrected chi connectivity index (χ0v) is 11.8. The van der Waals surface area contributed by atoms with Gasteiger partial charge in [-0.15, -0.1) is 6.58 Å². The normalized spacial score (nSPS) is 10.3. The average molecular weight is 287 g/mol. The second kappa shape index (κ2) is 6.69. The summed E-state index contributed by atoms with van der Waals surface area (Å²) < 4.78 is 4.88. The Labute approximate surface area is 122 Å². The van der Waals surface area contributed by atoms with Crippen molar-refractivity contribution in [1.82, 2.24) is 15.1 Å². The number of aromatic nitrogens is 2. The maximum absolute atomic E-state index is 12.5. The van der Waals surface area contributed by atoms with E-state index in [0.29, 0.717) is 0 Å². The van der Waals surface area contributed by atoms with Gasteiger partial charge in [0.1, 0.15) is 6.54 Å². The van der Waals surface area contributed by atoms with Crippen LogP contribution in [0.15, 0.2) is 36.9 Å². The van der Waals surface area contributed by atoms with Gasteiger partial charge < -0.3 is 9.64 Å². The Kier molecular flexibility index (Phi) is 4.71. The summed E-state index contributed by atoms with van der Waals surface area (Å²) in [4.78, 5) is 25.5. The minimum Gasteiger partial charge on any atom is -0.465 e. The highest BCUT2D eigenvalue weighted by Gasteiger charge is 2.22. The van der Waals surface area contributed by atoms with Crippen molar-refractivity contribution in [3.05, 3.63) is 42.6 Å². The van der Waals surface area contributed by atoms with Crippen molar-refractivity contribution in [3.63, 3.8) is 0 Å². The van der Waals surface area contributed by atoms with Gasteiger partial charge in [0.2, 0.25) is 0 Å². The molecule has 0 aliphatic heterocycles. The van der Waals surface area contributed by atoms with Crippen molar-refractivity contribution in [2.24, 2.45) is 0 Å². The molecule has 0 unspecified atom stereocenters. The highest BCUT2D eigenvalue weighted by molar-refractivity contribution is 6.05. The van der Waals surface area contributed by atoms with Gasteiger partial charge in [-0.05, 0) is 13.0 Å². The number of benzene rings is 1. The molecular formula is C15H17N3O3. The van der Waals surface area contributed by atoms with Gasteiger partial charge in [-0.2, -0.15) is 5.10 Å². The number of amides is 1. The summed E-state index contributed by atoms with van der Waals surface area (Å²) in [5.41, 5.74) is 1.06. The Morgan fingerprint density at radius 3 is 2.90 bits per heavy atom. The number of carbonyl (C=O) groups excluding carboxylic acids is 2. The Hall–Kier alpha value is -2.63. The molecule has 1 amide bonds. The number of fused-ring (bicyclic) bond motifs is 1. The van der Waals surface area contributed by atoms with Crippen LogP contribution >= 0.6 is 0 Å². The van der Waals surface area contributed by atoms with Gasteiger partial charge >= 0.3 is 5.97 Å². The van der Waals surface area contributed by atoms with Crippen LogP contribution in [0.1, 0.15) is 17.4 Å². The minimum atomic E-state index is -0.451. The first kappa shape index (κ1) is 14.8. The molecule has 1 heterocycles. The molecule has 21 heavy (non-hydrogen) atoms. The molecule has 2 rings (SSSR count). The van der Waals surface area contributed by atoms with Crippen molar-refractivity contribution in [2.75, 3.05) is 19.7 Å². The zero-order chi connectivity index (χ0) is 15.2. The number of esters is 1. The molecule has 2 aromatic rings. The van der Waals surface area contributed by atoms with Crippen molar-refractivity contribution < 1.29 is 14.3 Å². The molecule has 0 spiro atoms. The lowest BCUT2D eigenvalue weighted by Crippen LogP contribution is -2.37. The highest BCUT2D eigenvalue weighted by Crippen LogP contribution is 2.16. The third-order valence-corrected chi connectivity index (χ3v) is 2.93. The summed E-state index contributed by atoms with van der Waals surface area (Å²) in [6.45, 7) is 5.73. The standard InChI is InChI=1S/C15H17N3O3/c1-3-9-18(10-13(19)21-4-2)15(20)14-11-7-5-6-8-12(11)16-17-14/h3,5-8H,1,4,9-10H2,2H3,(H,16,17). The number of nitrogens with one attached hydrogen (secondary N) is 1. The molecule has 1 aromatic heterocycles. The maximum atomic E-state index is 12.5. The Morgan fingerprint density at radius 1 is 1.43 bits per heavy atom. The molecule has 0 saturated heterocycles. The van der Waals surface area contributed by atoms with Crippen LogP contribution in [-0.2, 0) is 9.53 Å². The molecular weight excluding hydrogens is 270 g/mol. The van der Waals surface area contributed by atoms with Crippen molar-refractivity contribution in [3.8, 4) is 0 Å². The number of H-pyrrole nitrogens is 1. The summed E-state index contributed by atoms with van der Waals surface area (Å²) in [5.74, 6) is -0.784. The summed E-state index contributed by atoms with van der Waals surface area (Å²) in [5, 5.41) is 7.58. The minimum absolute atomic E-state index is 0.125. The topological polar surface area (TPSA) is 75.3 Å². The fourth-order valence-electron chi connectivity index (χ4n) is 2.01. The lowest BCUT2D eigenvalue weighted by Gasteiger charge is -2.19. The third-order valence-electron chi connectivity index (χ3n) is 2.93. The van der Waals surface area contributed by atoms with E-state index >= 15 is 0 Å². The predicted octanol–water partition coefficient (Wildman–Crippen LogP) is 1.75. The molecule has 0 fully saturated rings. The smallest absolute Gasteiger partial charge is 0.325 e. The van der Waals surface area contributed by atoms with Gasteiger partial charge in [0.15, 0.2) is 5.69 Å². The second-order valence-corrected chi connectivity index (χ2v) is 4.40. The molecule has 0 atom stereocenters. The summed E-state index contributed by atoms with van der Waals surface area (Å²) in [6, 6.07) is 7.33. The Balaban J connectivity index is 2.25. The summed E-state index contributed by atoms with van der Waals surface area (Å²) in [6.07, 6.45) is 1.56. The van der Waals surface area contributed by atoms with Crippen LogP contribution in [0, 0.1) is 0 Å². The van der Waals surface area contributed by atoms with E-state index in [-0.39, 0.29) is 31.3 Å². The number of para-hydroxylation sites is 1. The monoisotopic (exact) mass is 287 g/mol. The molecule has 6 heteroatoms. The van der Waals surface area contributed by atoms with E-state index in [2.05, 4.69) is 16.8 Å². The number of hydrogen-bond acceptors (Lipinski definition) is 4. The van der Waals surface area contributed by atoms with Crippen molar-refractivity contribution in [2.45, 2.75) is 6.92 Å². The number of carbonyl (C=O) groups is 2. The average Bonchev–Trinajstić information content (AvgIpc) is 2.90. The molecule has 110 valence electrons. The van der Waals surface area contributed by atoms with Gasteiger partial charge in [-0.25, -0.2) is 0 Å². The first-order chi connectivity index (χ1) is 10.2. The van der Waals surface area contributed by atoms with Gasteiger partial charge in [0, 0.05) is 11.9 Å². The molecule has 0 radical (unpaired) electrons. The Bertz CT molecular complexity index is 663. The first-order valence-electron chi connectivity index (χ1n) is 6.66. The lowest BCUT2D eigenvalue weighted by molar-refractivity contribution is -0.143. The number of nitrogens with zero attached hydrogens (tertiary/aromatic N) is 2. The largest absolute Gasteiger partial charge is 0.465 e. The maximum Gasteiger partial charge on any atom is 0.325 e. The van der Waals surface area contributed by atoms with Gasteiger partial charge in [0.05, 0.1) is 12.1 Å². The number of ether oxygens (including phenoxy) is 1. The van der Waals surface area contributed by atoms with Crippen LogP contribution < -0.4 is 0 Å². The molecule has 6 nitrogen and oxygen atoms in total. The van der Waals surface area contributed by atoms with E-state index in [0.717, 1.165) is 10.9 Å². The van der Waals surface area contributed by atoms with Crippen LogP contribution in [-0.4, -0.2) is 46.7 Å². The van der Waals surface area contributed by atoms with Gasteiger partial charge in [0.25, 0.3) is 5.91 Å². The first-order valence-corrected chi connectivity index (χ1v) is 6.66. The number of rotatable bonds is 6. The van der Waals surface area contributed by atoms with E-state index in [4.69, 9.17) is 4.74 Å². The summed E-state index contributed by atoms with van der Waals surface area (Å²) in [7, 11) is 0. The fourth-order valence-corrected chi connectivity index (χ4v) is 2.01. The van der Waals surface area contributed by atoms with Crippen LogP contribution in [0.5, 0.6) is 0 Å². The van der Waals surface area contributed by atoms with Crippen LogP contribution in [0.4, 0.5) is 0 Å². The van der Waals surface area contributed by atoms with Crippen LogP contribution in [0.2, 0.25) is 0 Å². The number of hydrogen-bond donors (Lipinski definition) is 1. The van der Waals surface area contributed by atoms with E-state index in [1.165, 1.54) is 4.90 Å². The SMILES string of the molecule is C=CCN(CC(=O)OCC)C(=O)c1n[nH]c2ccccc12. The molecule has 0 aliphatic carbocycles. The highest BCUT2D eigenvalue weighted by atomic mass is 16.5. The number of aromatic amines is 1. The van der Waals surface area contributed by atoms with Crippen molar-refractivity contribution >= 4 is 22.8 Å². The lowest BCUT2D eigenvalue weighted by atomic mass is 10.2. The molecule has 0 aliphatic rings. The zero-order valence-electron chi connectivity index (χ0n) is 11.8. The van der Waals surface area contributed by atoms with Gasteiger partial charge in [-0.1, -0.05) is 24.3 Å².